The smallest absolute Gasteiger partial charge is 0.260 e. The predicted molar refractivity (Wildman–Crippen MR) is 84.5 cm³/mol. The molecular formula is C14H17N5O4S. The summed E-state index contributed by atoms with van der Waals surface area (Å²) in [7, 11) is -1.42. The van der Waals surface area contributed by atoms with Gasteiger partial charge in [-0.25, -0.2) is 13.1 Å². The Bertz CT molecular complexity index is 821. The van der Waals surface area contributed by atoms with E-state index in [9.17, 15) is 13.2 Å². The highest BCUT2D eigenvalue weighted by Crippen LogP contribution is 2.18. The van der Waals surface area contributed by atoms with Crippen LogP contribution < -0.4 is 4.74 Å². The molecule has 1 aliphatic rings. The second-order valence-corrected chi connectivity index (χ2v) is 7.83. The summed E-state index contributed by atoms with van der Waals surface area (Å²) in [6.07, 6.45) is 1.93. The van der Waals surface area contributed by atoms with Gasteiger partial charge in [-0.1, -0.05) is 6.07 Å². The lowest BCUT2D eigenvalue weighted by Crippen LogP contribution is -2.40. The number of carbonyl (C=O) groups excluding carboxylic acids is 1. The number of hydrogen-bond acceptors (Lipinski definition) is 7. The highest BCUT2D eigenvalue weighted by Gasteiger charge is 2.32. The van der Waals surface area contributed by atoms with Gasteiger partial charge < -0.3 is 9.64 Å². The van der Waals surface area contributed by atoms with Crippen LogP contribution in [0.5, 0.6) is 5.75 Å². The molecule has 0 N–H and O–H groups in total. The molecule has 1 unspecified atom stereocenters. The maximum absolute atomic E-state index is 12.2. The second-order valence-electron chi connectivity index (χ2n) is 5.60. The highest BCUT2D eigenvalue weighted by atomic mass is 32.2. The molecule has 10 heteroatoms. The van der Waals surface area contributed by atoms with Crippen LogP contribution in [0.15, 0.2) is 30.6 Å². The van der Waals surface area contributed by atoms with E-state index in [0.29, 0.717) is 17.9 Å². The van der Waals surface area contributed by atoms with Crippen molar-refractivity contribution < 1.29 is 17.9 Å². The number of carbonyl (C=O) groups is 1. The van der Waals surface area contributed by atoms with Gasteiger partial charge in [-0.15, -0.1) is 5.10 Å². The van der Waals surface area contributed by atoms with E-state index in [1.807, 2.05) is 0 Å². The molecule has 0 bridgehead atoms. The van der Waals surface area contributed by atoms with Crippen LogP contribution in [0.4, 0.5) is 0 Å². The summed E-state index contributed by atoms with van der Waals surface area (Å²) in [6.45, 7) is -0.161. The number of likely N-dealkylation sites (N-methyl/N-ethyl adjacent to an activating group) is 1. The van der Waals surface area contributed by atoms with E-state index in [2.05, 4.69) is 15.5 Å². The molecule has 1 aliphatic heterocycles. The van der Waals surface area contributed by atoms with Gasteiger partial charge in [0.05, 0.1) is 17.2 Å². The molecule has 1 fully saturated rings. The molecule has 1 atom stereocenters. The van der Waals surface area contributed by atoms with Gasteiger partial charge in [0.1, 0.15) is 12.1 Å². The van der Waals surface area contributed by atoms with Crippen LogP contribution in [-0.2, 0) is 14.6 Å². The zero-order valence-corrected chi connectivity index (χ0v) is 13.9. The van der Waals surface area contributed by atoms with Crippen molar-refractivity contribution in [1.82, 2.24) is 25.1 Å². The van der Waals surface area contributed by atoms with Crippen LogP contribution in [0.1, 0.15) is 6.42 Å². The first-order valence-electron chi connectivity index (χ1n) is 7.37. The van der Waals surface area contributed by atoms with Crippen LogP contribution >= 0.6 is 0 Å². The van der Waals surface area contributed by atoms with Crippen molar-refractivity contribution in [2.45, 2.75) is 12.5 Å². The Balaban J connectivity index is 1.59. The van der Waals surface area contributed by atoms with Gasteiger partial charge in [-0.05, 0) is 29.0 Å². The van der Waals surface area contributed by atoms with E-state index in [-0.39, 0.29) is 30.1 Å². The second kappa shape index (κ2) is 6.56. The number of aromatic nitrogens is 4. The number of hydrogen-bond donors (Lipinski definition) is 0. The molecule has 24 heavy (non-hydrogen) atoms. The Kier molecular flexibility index (Phi) is 4.47. The molecule has 2 aromatic rings. The minimum atomic E-state index is -3.03. The average Bonchev–Trinajstić information content (AvgIpc) is 3.21. The number of ether oxygens (including phenoxy) is 1. The predicted octanol–water partition coefficient (Wildman–Crippen LogP) is -0.313. The number of tetrazole rings is 1. The summed E-state index contributed by atoms with van der Waals surface area (Å²) in [5, 5.41) is 10.9. The molecule has 0 spiro atoms. The number of sulfone groups is 1. The van der Waals surface area contributed by atoms with Crippen molar-refractivity contribution in [3.05, 3.63) is 30.6 Å². The van der Waals surface area contributed by atoms with Crippen LogP contribution in [0, 0.1) is 0 Å². The number of amides is 1. The molecular weight excluding hydrogens is 334 g/mol. The quantitative estimate of drug-likeness (QED) is 0.727. The molecule has 3 rings (SSSR count). The van der Waals surface area contributed by atoms with Crippen molar-refractivity contribution in [3.8, 4) is 11.4 Å². The number of benzene rings is 1. The SMILES string of the molecule is CN(C(=O)COc1cccc(-n2cnnn2)c1)C1CCS(=O)(=O)C1. The standard InChI is InChI=1S/C14H17N5O4S/c1-18(12-5-6-24(21,22)9-12)14(20)8-23-13-4-2-3-11(7-13)19-10-15-16-17-19/h2-4,7,10,12H,5-6,8-9H2,1H3. The fraction of sp³-hybridized carbons (Fsp3) is 0.429. The zero-order valence-electron chi connectivity index (χ0n) is 13.1. The molecule has 1 aromatic carbocycles. The first-order chi connectivity index (χ1) is 11.4. The molecule has 9 nitrogen and oxygen atoms in total. The Labute approximate surface area is 139 Å². The van der Waals surface area contributed by atoms with Gasteiger partial charge in [0.2, 0.25) is 0 Å². The van der Waals surface area contributed by atoms with Gasteiger partial charge in [-0.2, -0.15) is 0 Å². The van der Waals surface area contributed by atoms with Crippen LogP contribution in [0.25, 0.3) is 5.69 Å². The van der Waals surface area contributed by atoms with Gasteiger partial charge in [0.25, 0.3) is 5.91 Å². The third-order valence-electron chi connectivity index (χ3n) is 3.94. The number of rotatable bonds is 5. The maximum Gasteiger partial charge on any atom is 0.260 e. The molecule has 0 aliphatic carbocycles. The summed E-state index contributed by atoms with van der Waals surface area (Å²) in [6, 6.07) is 6.73. The molecule has 1 amide bonds. The van der Waals surface area contributed by atoms with E-state index in [1.54, 1.807) is 31.3 Å². The largest absolute Gasteiger partial charge is 0.484 e. The van der Waals surface area contributed by atoms with Crippen LogP contribution in [0.2, 0.25) is 0 Å². The van der Waals surface area contributed by atoms with Crippen molar-refractivity contribution in [1.29, 1.82) is 0 Å². The lowest BCUT2D eigenvalue weighted by Gasteiger charge is -2.23. The summed E-state index contributed by atoms with van der Waals surface area (Å²) >= 11 is 0. The Hall–Kier alpha value is -2.49. The van der Waals surface area contributed by atoms with E-state index in [4.69, 9.17) is 4.74 Å². The Morgan fingerprint density at radius 2 is 2.29 bits per heavy atom. The van der Waals surface area contributed by atoms with Crippen molar-refractivity contribution in [3.63, 3.8) is 0 Å². The van der Waals surface area contributed by atoms with Crippen LogP contribution in [-0.4, -0.2) is 70.6 Å². The topological polar surface area (TPSA) is 107 Å². The fourth-order valence-electron chi connectivity index (χ4n) is 2.53. The lowest BCUT2D eigenvalue weighted by molar-refractivity contribution is -0.133. The summed E-state index contributed by atoms with van der Waals surface area (Å²) in [5.41, 5.74) is 0.709. The first kappa shape index (κ1) is 16.4. The van der Waals surface area contributed by atoms with E-state index in [0.717, 1.165) is 0 Å². The van der Waals surface area contributed by atoms with Crippen molar-refractivity contribution >= 4 is 15.7 Å². The third kappa shape index (κ3) is 3.70. The summed E-state index contributed by atoms with van der Waals surface area (Å²) in [4.78, 5) is 13.7. The Morgan fingerprint density at radius 1 is 1.46 bits per heavy atom. The van der Waals surface area contributed by atoms with Gasteiger partial charge in [0, 0.05) is 19.2 Å². The summed E-state index contributed by atoms with van der Waals surface area (Å²) < 4.78 is 30.0. The molecule has 1 saturated heterocycles. The van der Waals surface area contributed by atoms with Gasteiger partial charge in [0.15, 0.2) is 16.4 Å². The van der Waals surface area contributed by atoms with Gasteiger partial charge >= 0.3 is 0 Å². The van der Waals surface area contributed by atoms with Crippen LogP contribution in [0.3, 0.4) is 0 Å². The maximum atomic E-state index is 12.2. The third-order valence-corrected chi connectivity index (χ3v) is 5.69. The minimum absolute atomic E-state index is 0.0179. The fourth-order valence-corrected chi connectivity index (χ4v) is 4.30. The average molecular weight is 351 g/mol. The minimum Gasteiger partial charge on any atom is -0.484 e. The molecule has 128 valence electrons. The van der Waals surface area contributed by atoms with Crippen molar-refractivity contribution in [2.24, 2.45) is 0 Å². The molecule has 0 radical (unpaired) electrons. The van der Waals surface area contributed by atoms with Crippen molar-refractivity contribution in [2.75, 3.05) is 25.2 Å². The number of nitrogens with zero attached hydrogens (tertiary/aromatic N) is 5. The zero-order chi connectivity index (χ0) is 17.2. The van der Waals surface area contributed by atoms with Gasteiger partial charge in [-0.3, -0.25) is 4.79 Å². The van der Waals surface area contributed by atoms with E-state index in [1.165, 1.54) is 15.9 Å². The first-order valence-corrected chi connectivity index (χ1v) is 9.19. The summed E-state index contributed by atoms with van der Waals surface area (Å²) in [5.74, 6) is 0.391. The molecule has 1 aromatic heterocycles. The van der Waals surface area contributed by atoms with E-state index >= 15 is 0 Å². The van der Waals surface area contributed by atoms with E-state index < -0.39 is 9.84 Å². The Morgan fingerprint density at radius 3 is 2.96 bits per heavy atom. The lowest BCUT2D eigenvalue weighted by atomic mass is 10.2. The normalized spacial score (nSPS) is 19.1. The highest BCUT2D eigenvalue weighted by molar-refractivity contribution is 7.91. The molecule has 0 saturated carbocycles. The monoisotopic (exact) mass is 351 g/mol. The molecule has 2 heterocycles.